The van der Waals surface area contributed by atoms with Crippen LogP contribution in [0.25, 0.3) is 33.2 Å². The number of carboxylic acids is 1. The van der Waals surface area contributed by atoms with Crippen molar-refractivity contribution in [2.24, 2.45) is 5.73 Å². The van der Waals surface area contributed by atoms with Crippen molar-refractivity contribution >= 4 is 27.9 Å². The van der Waals surface area contributed by atoms with Gasteiger partial charge in [0, 0.05) is 30.6 Å². The lowest BCUT2D eigenvalue weighted by atomic mass is 10.0. The molecule has 0 atom stereocenters. The molecule has 2 heterocycles. The molecule has 0 aliphatic carbocycles. The number of nitrogens with zero attached hydrogens (tertiary/aromatic N) is 2. The van der Waals surface area contributed by atoms with Gasteiger partial charge in [0.05, 0.1) is 16.6 Å². The molecule has 0 aliphatic rings. The number of aromatic nitrogens is 3. The van der Waals surface area contributed by atoms with E-state index < -0.39 is 5.97 Å². The monoisotopic (exact) mass is 434 g/mol. The van der Waals surface area contributed by atoms with Gasteiger partial charge in [0.15, 0.2) is 0 Å². The molecule has 0 spiro atoms. The summed E-state index contributed by atoms with van der Waals surface area (Å²) < 4.78 is 2.22. The van der Waals surface area contributed by atoms with Crippen molar-refractivity contribution in [2.75, 3.05) is 6.54 Å². The number of aromatic amines is 1. The van der Waals surface area contributed by atoms with Crippen LogP contribution >= 0.6 is 0 Å². The summed E-state index contributed by atoms with van der Waals surface area (Å²) in [6.07, 6.45) is 3.88. The minimum absolute atomic E-state index is 0.157. The first-order valence-electron chi connectivity index (χ1n) is 10.8. The fraction of sp³-hybridized carbons (Fsp3) is 0.320. The number of benzene rings is 2. The molecule has 2 aromatic heterocycles. The second-order valence-corrected chi connectivity index (χ2v) is 7.93. The fourth-order valence-corrected chi connectivity index (χ4v) is 3.88. The van der Waals surface area contributed by atoms with E-state index in [2.05, 4.69) is 47.8 Å². The maximum atomic E-state index is 12.9. The molecule has 0 radical (unpaired) electrons. The molecule has 7 heteroatoms. The molecule has 0 aliphatic heterocycles. The summed E-state index contributed by atoms with van der Waals surface area (Å²) in [5.41, 5.74) is 13.3. The Bertz CT molecular complexity index is 1330. The highest BCUT2D eigenvalue weighted by atomic mass is 16.4. The van der Waals surface area contributed by atoms with Crippen molar-refractivity contribution in [3.63, 3.8) is 0 Å². The summed E-state index contributed by atoms with van der Waals surface area (Å²) in [4.78, 5) is 29.7. The third-order valence-electron chi connectivity index (χ3n) is 5.53. The number of nitrogens with two attached hydrogens (primary N) is 1. The van der Waals surface area contributed by atoms with Crippen LogP contribution in [0.5, 0.6) is 0 Å². The van der Waals surface area contributed by atoms with E-state index in [9.17, 15) is 4.79 Å². The molecule has 0 saturated carbocycles. The number of hydrogen-bond acceptors (Lipinski definition) is 4. The third kappa shape index (κ3) is 4.73. The summed E-state index contributed by atoms with van der Waals surface area (Å²) in [5.74, 6) is -0.833. The molecule has 4 N–H and O–H groups in total. The minimum atomic E-state index is -0.833. The topological polar surface area (TPSA) is 114 Å². The summed E-state index contributed by atoms with van der Waals surface area (Å²) in [5, 5.41) is 8.48. The first kappa shape index (κ1) is 23.2. The van der Waals surface area contributed by atoms with Crippen LogP contribution < -0.4 is 11.3 Å². The van der Waals surface area contributed by atoms with Crippen LogP contribution in [-0.2, 0) is 17.8 Å². The number of nitrogens with one attached hydrogen (secondary N) is 1. The van der Waals surface area contributed by atoms with Gasteiger partial charge >= 0.3 is 0 Å². The van der Waals surface area contributed by atoms with Gasteiger partial charge in [0.1, 0.15) is 5.69 Å². The molecule has 7 nitrogen and oxygen atoms in total. The molecule has 0 bridgehead atoms. The molecular formula is C25H30N4O3. The molecule has 0 amide bonds. The van der Waals surface area contributed by atoms with Gasteiger partial charge in [-0.15, -0.1) is 0 Å². The number of carboxylic acid groups (broad SMARTS) is 1. The van der Waals surface area contributed by atoms with E-state index in [1.165, 1.54) is 11.1 Å². The van der Waals surface area contributed by atoms with Crippen molar-refractivity contribution in [3.8, 4) is 11.3 Å². The maximum absolute atomic E-state index is 12.9. The standard InChI is InChI=1S/C23H26N4O.C2H4O2/c1-4-16-7-5-8-17-18(13-27(22(16)17)10-6-9-24)21-23(28)26-20-12-15(3)14(2)11-19(20)25-21;1-2(3)4/h5,7-8,11-13H,4,6,9-10,24H2,1-3H3,(H,26,28);1H3,(H,3,4). The molecule has 0 unspecified atom stereocenters. The second kappa shape index (κ2) is 9.78. The largest absolute Gasteiger partial charge is 0.481 e. The number of H-pyrrole nitrogens is 1. The van der Waals surface area contributed by atoms with E-state index in [0.717, 1.165) is 59.4 Å². The van der Waals surface area contributed by atoms with Gasteiger partial charge in [0.25, 0.3) is 11.5 Å². The fourth-order valence-electron chi connectivity index (χ4n) is 3.88. The third-order valence-corrected chi connectivity index (χ3v) is 5.53. The van der Waals surface area contributed by atoms with Crippen LogP contribution in [0.3, 0.4) is 0 Å². The SMILES string of the molecule is CC(=O)O.CCc1cccc2c(-c3nc4cc(C)c(C)cc4[nH]c3=O)cn(CCCN)c12. The highest BCUT2D eigenvalue weighted by Gasteiger charge is 2.17. The lowest BCUT2D eigenvalue weighted by Crippen LogP contribution is -2.11. The second-order valence-electron chi connectivity index (χ2n) is 7.93. The average Bonchev–Trinajstić information content (AvgIpc) is 3.11. The predicted octanol–water partition coefficient (Wildman–Crippen LogP) is 4.16. The Balaban J connectivity index is 0.000000668. The van der Waals surface area contributed by atoms with Crippen LogP contribution in [0, 0.1) is 13.8 Å². The van der Waals surface area contributed by atoms with Crippen molar-refractivity contribution in [1.82, 2.24) is 14.5 Å². The van der Waals surface area contributed by atoms with Crippen LogP contribution in [0.1, 0.15) is 37.0 Å². The Hall–Kier alpha value is -3.45. The Kier molecular flexibility index (Phi) is 7.10. The zero-order chi connectivity index (χ0) is 23.4. The van der Waals surface area contributed by atoms with E-state index in [1.54, 1.807) is 0 Å². The normalized spacial score (nSPS) is 10.9. The minimum Gasteiger partial charge on any atom is -0.481 e. The van der Waals surface area contributed by atoms with Gasteiger partial charge in [-0.05, 0) is 62.1 Å². The van der Waals surface area contributed by atoms with Crippen molar-refractivity contribution < 1.29 is 9.90 Å². The van der Waals surface area contributed by atoms with Gasteiger partial charge in [-0.25, -0.2) is 4.98 Å². The maximum Gasteiger partial charge on any atom is 0.300 e. The number of fused-ring (bicyclic) bond motifs is 2. The molecular weight excluding hydrogens is 404 g/mol. The Labute approximate surface area is 186 Å². The van der Waals surface area contributed by atoms with E-state index in [-0.39, 0.29) is 5.56 Å². The highest BCUT2D eigenvalue weighted by Crippen LogP contribution is 2.31. The average molecular weight is 435 g/mol. The number of carbonyl (C=O) groups is 1. The number of rotatable bonds is 5. The first-order valence-corrected chi connectivity index (χ1v) is 10.8. The van der Waals surface area contributed by atoms with Crippen molar-refractivity contribution in [2.45, 2.75) is 47.1 Å². The zero-order valence-electron chi connectivity index (χ0n) is 19.0. The van der Waals surface area contributed by atoms with E-state index in [1.807, 2.05) is 19.1 Å². The lowest BCUT2D eigenvalue weighted by molar-refractivity contribution is -0.134. The smallest absolute Gasteiger partial charge is 0.300 e. The quantitative estimate of drug-likeness (QED) is 0.436. The van der Waals surface area contributed by atoms with Gasteiger partial charge in [-0.3, -0.25) is 9.59 Å². The Morgan fingerprint density at radius 1 is 1.22 bits per heavy atom. The molecule has 32 heavy (non-hydrogen) atoms. The van der Waals surface area contributed by atoms with E-state index >= 15 is 0 Å². The van der Waals surface area contributed by atoms with Crippen molar-refractivity contribution in [1.29, 1.82) is 0 Å². The highest BCUT2D eigenvalue weighted by molar-refractivity contribution is 5.97. The molecule has 2 aromatic carbocycles. The lowest BCUT2D eigenvalue weighted by Gasteiger charge is -2.07. The zero-order valence-corrected chi connectivity index (χ0v) is 19.0. The summed E-state index contributed by atoms with van der Waals surface area (Å²) in [7, 11) is 0. The number of hydrogen-bond donors (Lipinski definition) is 3. The predicted molar refractivity (Wildman–Crippen MR) is 129 cm³/mol. The molecule has 168 valence electrons. The number of para-hydroxylation sites is 1. The van der Waals surface area contributed by atoms with Crippen LogP contribution in [0.4, 0.5) is 0 Å². The van der Waals surface area contributed by atoms with Gasteiger partial charge < -0.3 is 20.4 Å². The molecule has 4 rings (SSSR count). The van der Waals surface area contributed by atoms with Crippen molar-refractivity contribution in [3.05, 3.63) is 63.6 Å². The van der Waals surface area contributed by atoms with E-state index in [0.29, 0.717) is 12.2 Å². The molecule has 0 fully saturated rings. The van der Waals surface area contributed by atoms with Gasteiger partial charge in [-0.2, -0.15) is 0 Å². The Morgan fingerprint density at radius 3 is 2.56 bits per heavy atom. The van der Waals surface area contributed by atoms with Gasteiger partial charge in [0.2, 0.25) is 0 Å². The summed E-state index contributed by atoms with van der Waals surface area (Å²) in [6.45, 7) is 8.80. The van der Waals surface area contributed by atoms with Crippen LogP contribution in [0.15, 0.2) is 41.3 Å². The molecule has 0 saturated heterocycles. The van der Waals surface area contributed by atoms with Crippen LogP contribution in [0.2, 0.25) is 0 Å². The Morgan fingerprint density at radius 2 is 1.91 bits per heavy atom. The number of aryl methyl sites for hydroxylation is 4. The molecule has 4 aromatic rings. The van der Waals surface area contributed by atoms with E-state index in [4.69, 9.17) is 20.6 Å². The summed E-state index contributed by atoms with van der Waals surface area (Å²) >= 11 is 0. The van der Waals surface area contributed by atoms with Crippen LogP contribution in [-0.4, -0.2) is 32.2 Å². The first-order chi connectivity index (χ1) is 15.3. The summed E-state index contributed by atoms with van der Waals surface area (Å²) in [6, 6.07) is 10.3. The number of aliphatic carboxylic acids is 1. The van der Waals surface area contributed by atoms with Gasteiger partial charge in [-0.1, -0.05) is 25.1 Å².